The van der Waals surface area contributed by atoms with E-state index in [9.17, 15) is 19.5 Å². The van der Waals surface area contributed by atoms with Gasteiger partial charge in [-0.05, 0) is 31.0 Å². The lowest BCUT2D eigenvalue weighted by Gasteiger charge is -2.21. The van der Waals surface area contributed by atoms with E-state index in [0.29, 0.717) is 37.2 Å². The number of carboxylic acids is 1. The highest BCUT2D eigenvalue weighted by Gasteiger charge is 2.34. The van der Waals surface area contributed by atoms with Crippen LogP contribution in [0.1, 0.15) is 29.6 Å². The Bertz CT molecular complexity index is 803. The fraction of sp³-hybridized carbons (Fsp3) is 0.333. The normalized spacial score (nSPS) is 16.5. The van der Waals surface area contributed by atoms with Gasteiger partial charge in [0, 0.05) is 43.2 Å². The quantitative estimate of drug-likeness (QED) is 0.818. The van der Waals surface area contributed by atoms with E-state index in [1.165, 1.54) is 4.90 Å². The maximum Gasteiger partial charge on any atom is 0.326 e. The first-order valence-electron chi connectivity index (χ1n) is 8.44. The van der Waals surface area contributed by atoms with Crippen LogP contribution in [0.4, 0.5) is 5.69 Å². The molecule has 1 saturated heterocycles. The van der Waals surface area contributed by atoms with Gasteiger partial charge in [-0.1, -0.05) is 6.07 Å². The van der Waals surface area contributed by atoms with Crippen molar-refractivity contribution in [2.24, 2.45) is 0 Å². The van der Waals surface area contributed by atoms with E-state index < -0.39 is 12.0 Å². The van der Waals surface area contributed by atoms with Crippen LogP contribution in [0, 0.1) is 0 Å². The van der Waals surface area contributed by atoms with Crippen molar-refractivity contribution in [3.63, 3.8) is 0 Å². The number of nitrogens with zero attached hydrogens (tertiary/aromatic N) is 3. The van der Waals surface area contributed by atoms with Crippen LogP contribution in [-0.2, 0) is 16.1 Å². The number of aromatic nitrogens is 2. The first-order chi connectivity index (χ1) is 12.5. The number of likely N-dealkylation sites (tertiary alicyclic amines) is 1. The minimum Gasteiger partial charge on any atom is -0.480 e. The summed E-state index contributed by atoms with van der Waals surface area (Å²) in [7, 11) is 0. The monoisotopic (exact) mass is 356 g/mol. The fourth-order valence-electron chi connectivity index (χ4n) is 3.04. The molecule has 1 aromatic heterocycles. The summed E-state index contributed by atoms with van der Waals surface area (Å²) in [6, 6.07) is 5.79. The maximum absolute atomic E-state index is 12.6. The van der Waals surface area contributed by atoms with Crippen LogP contribution in [0.15, 0.2) is 43.0 Å². The lowest BCUT2D eigenvalue weighted by Crippen LogP contribution is -2.40. The number of aryl methyl sites for hydroxylation is 1. The number of hydrogen-bond acceptors (Lipinski definition) is 4. The van der Waals surface area contributed by atoms with Gasteiger partial charge in [-0.3, -0.25) is 9.59 Å². The standard InChI is InChI=1S/C18H20N4O4/c23-16(6-9-21-10-7-19-12-21)20-14-4-1-3-13(11-14)17(24)22-8-2-5-15(22)18(25)26/h1,3-4,7,10-12,15H,2,5-6,8-9H2,(H,20,23)(H,25,26). The molecule has 1 unspecified atom stereocenters. The third-order valence-electron chi connectivity index (χ3n) is 4.35. The van der Waals surface area contributed by atoms with Gasteiger partial charge in [0.1, 0.15) is 6.04 Å². The van der Waals surface area contributed by atoms with Crippen LogP contribution in [0.3, 0.4) is 0 Å². The van der Waals surface area contributed by atoms with Gasteiger partial charge in [0.15, 0.2) is 0 Å². The molecule has 2 aromatic rings. The molecule has 1 fully saturated rings. The lowest BCUT2D eigenvalue weighted by molar-refractivity contribution is -0.141. The molecule has 1 atom stereocenters. The number of benzene rings is 1. The van der Waals surface area contributed by atoms with Gasteiger partial charge in [-0.15, -0.1) is 0 Å². The third-order valence-corrected chi connectivity index (χ3v) is 4.35. The number of anilines is 1. The van der Waals surface area contributed by atoms with Gasteiger partial charge in [0.05, 0.1) is 6.33 Å². The molecule has 2 N–H and O–H groups in total. The van der Waals surface area contributed by atoms with E-state index in [0.717, 1.165) is 0 Å². The number of imidazole rings is 1. The summed E-state index contributed by atoms with van der Waals surface area (Å²) in [5.41, 5.74) is 0.878. The number of carboxylic acid groups (broad SMARTS) is 1. The second-order valence-electron chi connectivity index (χ2n) is 6.17. The molecule has 136 valence electrons. The largest absolute Gasteiger partial charge is 0.480 e. The van der Waals surface area contributed by atoms with Crippen molar-refractivity contribution in [2.45, 2.75) is 31.8 Å². The molecule has 0 aliphatic carbocycles. The molecule has 0 bridgehead atoms. The zero-order valence-electron chi connectivity index (χ0n) is 14.2. The Morgan fingerprint density at radius 2 is 2.15 bits per heavy atom. The predicted molar refractivity (Wildman–Crippen MR) is 93.6 cm³/mol. The molecule has 1 aliphatic rings. The van der Waals surface area contributed by atoms with Crippen LogP contribution in [-0.4, -0.2) is 49.9 Å². The number of carbonyl (C=O) groups is 3. The maximum atomic E-state index is 12.6. The smallest absolute Gasteiger partial charge is 0.326 e. The molecular weight excluding hydrogens is 336 g/mol. The number of rotatable bonds is 6. The molecule has 1 aliphatic heterocycles. The van der Waals surface area contributed by atoms with E-state index in [1.807, 2.05) is 0 Å². The van der Waals surface area contributed by atoms with Crippen LogP contribution in [0.2, 0.25) is 0 Å². The minimum atomic E-state index is -0.986. The average Bonchev–Trinajstić information content (AvgIpc) is 3.31. The number of nitrogens with one attached hydrogen (secondary N) is 1. The Morgan fingerprint density at radius 1 is 1.31 bits per heavy atom. The zero-order valence-corrected chi connectivity index (χ0v) is 14.2. The average molecular weight is 356 g/mol. The Kier molecular flexibility index (Phi) is 5.31. The summed E-state index contributed by atoms with van der Waals surface area (Å²) in [6.45, 7) is 0.940. The number of amides is 2. The molecule has 3 rings (SSSR count). The van der Waals surface area contributed by atoms with E-state index >= 15 is 0 Å². The summed E-state index contributed by atoms with van der Waals surface area (Å²) in [5, 5.41) is 12.0. The van der Waals surface area contributed by atoms with Crippen LogP contribution in [0.5, 0.6) is 0 Å². The molecule has 0 spiro atoms. The molecule has 0 radical (unpaired) electrons. The van der Waals surface area contributed by atoms with Crippen LogP contribution < -0.4 is 5.32 Å². The Hall–Kier alpha value is -3.16. The second kappa shape index (κ2) is 7.81. The molecule has 1 aromatic carbocycles. The van der Waals surface area contributed by atoms with Gasteiger partial charge in [0.25, 0.3) is 5.91 Å². The van der Waals surface area contributed by atoms with Crippen molar-refractivity contribution >= 4 is 23.5 Å². The van der Waals surface area contributed by atoms with Crippen LogP contribution >= 0.6 is 0 Å². The number of carbonyl (C=O) groups excluding carboxylic acids is 2. The predicted octanol–water partition coefficient (Wildman–Crippen LogP) is 1.60. The van der Waals surface area contributed by atoms with E-state index in [2.05, 4.69) is 10.3 Å². The highest BCUT2D eigenvalue weighted by atomic mass is 16.4. The van der Waals surface area contributed by atoms with E-state index in [1.54, 1.807) is 47.6 Å². The van der Waals surface area contributed by atoms with Gasteiger partial charge in [-0.2, -0.15) is 0 Å². The van der Waals surface area contributed by atoms with E-state index in [4.69, 9.17) is 0 Å². The summed E-state index contributed by atoms with van der Waals surface area (Å²) >= 11 is 0. The molecule has 8 heteroatoms. The van der Waals surface area contributed by atoms with Gasteiger partial charge >= 0.3 is 5.97 Å². The summed E-state index contributed by atoms with van der Waals surface area (Å²) < 4.78 is 1.80. The van der Waals surface area contributed by atoms with Crippen molar-refractivity contribution in [2.75, 3.05) is 11.9 Å². The fourth-order valence-corrected chi connectivity index (χ4v) is 3.04. The Balaban J connectivity index is 1.63. The lowest BCUT2D eigenvalue weighted by atomic mass is 10.1. The van der Waals surface area contributed by atoms with Crippen molar-refractivity contribution in [3.8, 4) is 0 Å². The number of hydrogen-bond donors (Lipinski definition) is 2. The third kappa shape index (κ3) is 4.08. The molecule has 8 nitrogen and oxygen atoms in total. The first-order valence-corrected chi connectivity index (χ1v) is 8.44. The summed E-state index contributed by atoms with van der Waals surface area (Å²) in [4.78, 5) is 41.3. The van der Waals surface area contributed by atoms with Crippen LogP contribution in [0.25, 0.3) is 0 Å². The summed E-state index contributed by atoms with van der Waals surface area (Å²) in [6.07, 6.45) is 6.49. The second-order valence-corrected chi connectivity index (χ2v) is 6.17. The van der Waals surface area contributed by atoms with Crippen molar-refractivity contribution < 1.29 is 19.5 Å². The molecule has 2 amide bonds. The highest BCUT2D eigenvalue weighted by Crippen LogP contribution is 2.21. The van der Waals surface area contributed by atoms with Crippen molar-refractivity contribution in [3.05, 3.63) is 48.5 Å². The first kappa shape index (κ1) is 17.7. The Labute approximate surface area is 150 Å². The van der Waals surface area contributed by atoms with Gasteiger partial charge in [-0.25, -0.2) is 9.78 Å². The van der Waals surface area contributed by atoms with Gasteiger partial charge < -0.3 is 19.9 Å². The highest BCUT2D eigenvalue weighted by molar-refractivity contribution is 5.99. The van der Waals surface area contributed by atoms with Gasteiger partial charge in [0.2, 0.25) is 5.91 Å². The molecular formula is C18H20N4O4. The topological polar surface area (TPSA) is 105 Å². The molecule has 26 heavy (non-hydrogen) atoms. The molecule has 2 heterocycles. The SMILES string of the molecule is O=C(CCn1ccnc1)Nc1cccc(C(=O)N2CCCC2C(=O)O)c1. The Morgan fingerprint density at radius 3 is 2.88 bits per heavy atom. The van der Waals surface area contributed by atoms with E-state index in [-0.39, 0.29) is 18.2 Å². The minimum absolute atomic E-state index is 0.173. The molecule has 0 saturated carbocycles. The number of aliphatic carboxylic acids is 1. The zero-order chi connectivity index (χ0) is 18.5. The van der Waals surface area contributed by atoms with Crippen molar-refractivity contribution in [1.82, 2.24) is 14.5 Å². The summed E-state index contributed by atoms with van der Waals surface area (Å²) in [5.74, 6) is -1.49. The van der Waals surface area contributed by atoms with Crippen molar-refractivity contribution in [1.29, 1.82) is 0 Å².